The van der Waals surface area contributed by atoms with Crippen LogP contribution in [0.3, 0.4) is 0 Å². The molecule has 14 nitrogen and oxygen atoms in total. The van der Waals surface area contributed by atoms with Gasteiger partial charge in [-0.25, -0.2) is 5.01 Å². The van der Waals surface area contributed by atoms with Crippen LogP contribution in [-0.4, -0.2) is 70.4 Å². The summed E-state index contributed by atoms with van der Waals surface area (Å²) < 4.78 is 14.6. The molecule has 0 bridgehead atoms. The first-order chi connectivity index (χ1) is 31.4. The number of aliphatic hydroxyl groups excluding tert-OH is 1. The minimum atomic E-state index is -2.55. The van der Waals surface area contributed by atoms with Gasteiger partial charge in [-0.05, 0) is 59.0 Å². The van der Waals surface area contributed by atoms with Crippen LogP contribution in [0.25, 0.3) is 0 Å². The molecule has 65 heavy (non-hydrogen) atoms. The molecule has 1 spiro atoms. The molecule has 15 heteroatoms. The van der Waals surface area contributed by atoms with E-state index in [1.807, 2.05) is 103 Å². The molecular weight excluding hydrogens is 839 g/mol. The van der Waals surface area contributed by atoms with E-state index in [9.17, 15) is 20.0 Å². The predicted molar refractivity (Wildman–Crippen MR) is 250 cm³/mol. The molecule has 5 aromatic carbocycles. The van der Waals surface area contributed by atoms with Crippen molar-refractivity contribution in [3.63, 3.8) is 0 Å². The Morgan fingerprint density at radius 2 is 1.65 bits per heavy atom. The van der Waals surface area contributed by atoms with Gasteiger partial charge in [0.25, 0.3) is 11.6 Å². The highest BCUT2D eigenvalue weighted by Gasteiger charge is 2.66. The summed E-state index contributed by atoms with van der Waals surface area (Å²) in [6.45, 7) is 7.09. The minimum absolute atomic E-state index is 0.104. The average Bonchev–Trinajstić information content (AvgIpc) is 3.99. The largest absolute Gasteiger partial charge is 0.497 e. The lowest BCUT2D eigenvalue weighted by atomic mass is 9.82. The number of aryl methyl sites for hydroxylation is 1. The van der Waals surface area contributed by atoms with Crippen LogP contribution in [-0.2, 0) is 33.0 Å². The van der Waals surface area contributed by atoms with Crippen molar-refractivity contribution in [2.75, 3.05) is 23.6 Å². The van der Waals surface area contributed by atoms with Crippen LogP contribution >= 0.6 is 0 Å². The number of carbonyl (C=O) groups excluding carboxylic acids is 2. The Hall–Kier alpha value is -6.81. The number of amides is 2. The molecule has 9 rings (SSSR count). The maximum atomic E-state index is 15.5. The number of anilines is 2. The quantitative estimate of drug-likeness (QED) is 0.0655. The molecule has 2 amide bonds. The number of nitro groups is 1. The Kier molecular flexibility index (Phi) is 11.8. The van der Waals surface area contributed by atoms with Gasteiger partial charge in [0.05, 0.1) is 68.1 Å². The van der Waals surface area contributed by atoms with Crippen molar-refractivity contribution in [2.45, 2.75) is 75.5 Å². The van der Waals surface area contributed by atoms with Gasteiger partial charge in [-0.3, -0.25) is 24.4 Å². The molecule has 0 saturated carbocycles. The van der Waals surface area contributed by atoms with Crippen LogP contribution in [0.1, 0.15) is 60.1 Å². The van der Waals surface area contributed by atoms with E-state index < -0.39 is 30.6 Å². The van der Waals surface area contributed by atoms with Gasteiger partial charge >= 0.3 is 0 Å². The maximum Gasteiger partial charge on any atom is 0.269 e. The van der Waals surface area contributed by atoms with E-state index in [-0.39, 0.29) is 42.1 Å². The Balaban J connectivity index is 1.05. The van der Waals surface area contributed by atoms with Crippen LogP contribution in [0.5, 0.6) is 5.75 Å². The summed E-state index contributed by atoms with van der Waals surface area (Å²) in [5.41, 5.74) is 4.03. The molecule has 6 aromatic rings. The molecule has 1 fully saturated rings. The van der Waals surface area contributed by atoms with E-state index in [0.29, 0.717) is 48.4 Å². The predicted octanol–water partition coefficient (Wildman–Crippen LogP) is 7.70. The fraction of sp³-hybridized carbons (Fsp3) is 0.300. The van der Waals surface area contributed by atoms with Gasteiger partial charge in [-0.1, -0.05) is 115 Å². The Labute approximate surface area is 378 Å². The van der Waals surface area contributed by atoms with Gasteiger partial charge in [0, 0.05) is 49.2 Å². The fourth-order valence-corrected chi connectivity index (χ4v) is 14.3. The summed E-state index contributed by atoms with van der Waals surface area (Å²) >= 11 is 0. The van der Waals surface area contributed by atoms with Crippen molar-refractivity contribution in [3.8, 4) is 5.75 Å². The average molecular weight is 890 g/mol. The second kappa shape index (κ2) is 17.6. The monoisotopic (exact) mass is 889 g/mol. The Morgan fingerprint density at radius 1 is 0.938 bits per heavy atom. The van der Waals surface area contributed by atoms with Gasteiger partial charge in [-0.15, -0.1) is 5.10 Å². The molecule has 332 valence electrons. The topological polar surface area (TPSA) is 166 Å². The van der Waals surface area contributed by atoms with Gasteiger partial charge in [0.1, 0.15) is 5.75 Å². The highest BCUT2D eigenvalue weighted by molar-refractivity contribution is 6.91. The summed E-state index contributed by atoms with van der Waals surface area (Å²) in [7, 11) is -0.911. The van der Waals surface area contributed by atoms with E-state index in [4.69, 9.17) is 14.6 Å². The smallest absolute Gasteiger partial charge is 0.269 e. The number of carbonyl (C=O) groups is 2. The van der Waals surface area contributed by atoms with Crippen molar-refractivity contribution >= 4 is 47.8 Å². The zero-order valence-electron chi connectivity index (χ0n) is 36.8. The number of hydrogen-bond donors (Lipinski definition) is 1. The number of methoxy groups -OCH3 is 1. The molecule has 0 radical (unpaired) electrons. The first-order valence-electron chi connectivity index (χ1n) is 22.0. The zero-order chi connectivity index (χ0) is 45.5. The Morgan fingerprint density at radius 3 is 2.32 bits per heavy atom. The molecule has 1 saturated heterocycles. The number of aliphatic hydroxyl groups is 1. The maximum absolute atomic E-state index is 15.5. The van der Waals surface area contributed by atoms with E-state index in [1.165, 1.54) is 17.1 Å². The lowest BCUT2D eigenvalue weighted by Crippen LogP contribution is -2.51. The van der Waals surface area contributed by atoms with E-state index in [2.05, 4.69) is 42.5 Å². The Bertz CT molecular complexity index is 2750. The van der Waals surface area contributed by atoms with Crippen molar-refractivity contribution in [2.24, 2.45) is 11.0 Å². The first kappa shape index (κ1) is 43.4. The highest BCUT2D eigenvalue weighted by Crippen LogP contribution is 2.60. The number of nitro benzene ring substituents is 1. The highest BCUT2D eigenvalue weighted by atomic mass is 28.3. The van der Waals surface area contributed by atoms with Crippen LogP contribution in [0.4, 0.5) is 17.1 Å². The number of nitrogens with zero attached hydrogens (tertiary/aromatic N) is 7. The number of non-ortho nitro benzene ring substituents is 1. The van der Waals surface area contributed by atoms with Crippen LogP contribution in [0, 0.1) is 16.0 Å². The van der Waals surface area contributed by atoms with Crippen molar-refractivity contribution in [1.29, 1.82) is 0 Å². The first-order valence-corrected chi connectivity index (χ1v) is 25.0. The molecule has 1 N–H and O–H groups in total. The van der Waals surface area contributed by atoms with E-state index in [1.54, 1.807) is 22.8 Å². The minimum Gasteiger partial charge on any atom is -0.497 e. The molecule has 3 aliphatic rings. The number of hydrazone groups is 1. The second-order valence-electron chi connectivity index (χ2n) is 17.6. The third-order valence-corrected chi connectivity index (χ3v) is 18.0. The van der Waals surface area contributed by atoms with Crippen LogP contribution < -0.4 is 19.8 Å². The molecule has 4 heterocycles. The molecule has 0 aliphatic carbocycles. The summed E-state index contributed by atoms with van der Waals surface area (Å²) in [5.74, 6) is -0.389. The number of ether oxygens (including phenoxy) is 2. The second-order valence-corrected chi connectivity index (χ2v) is 22.3. The third kappa shape index (κ3) is 7.93. The molecule has 5 atom stereocenters. The van der Waals surface area contributed by atoms with Gasteiger partial charge in [0.15, 0.2) is 5.60 Å². The lowest BCUT2D eigenvalue weighted by molar-refractivity contribution is -0.385. The van der Waals surface area contributed by atoms with Crippen molar-refractivity contribution in [1.82, 2.24) is 15.0 Å². The molecule has 1 aromatic heterocycles. The number of aromatic nitrogens is 3. The van der Waals surface area contributed by atoms with E-state index >= 15 is 4.79 Å². The molecular formula is C50H51N7O7Si. The number of benzene rings is 5. The van der Waals surface area contributed by atoms with Gasteiger partial charge in [-0.2, -0.15) is 5.10 Å². The summed E-state index contributed by atoms with van der Waals surface area (Å²) in [6, 6.07) is 39.6. The van der Waals surface area contributed by atoms with Gasteiger partial charge < -0.3 is 19.5 Å². The van der Waals surface area contributed by atoms with E-state index in [0.717, 1.165) is 33.3 Å². The van der Waals surface area contributed by atoms with Crippen LogP contribution in [0.15, 0.2) is 139 Å². The van der Waals surface area contributed by atoms with Crippen molar-refractivity contribution in [3.05, 3.63) is 172 Å². The normalized spacial score (nSPS) is 21.1. The summed E-state index contributed by atoms with van der Waals surface area (Å²) in [4.78, 5) is 42.2. The lowest BCUT2D eigenvalue weighted by Gasteiger charge is -2.37. The third-order valence-electron chi connectivity index (χ3n) is 13.6. The van der Waals surface area contributed by atoms with Crippen molar-refractivity contribution < 1.29 is 29.1 Å². The van der Waals surface area contributed by atoms with Crippen LogP contribution in [0.2, 0.25) is 18.6 Å². The number of fused-ring (bicyclic) bond motifs is 2. The summed E-state index contributed by atoms with van der Waals surface area (Å²) in [5, 5.41) is 39.0. The SMILES string of the molecule is COc1ccc([Si](C)(C)[C@H]2[C@H](CCn3cc(C(CO)c4ccccc4)nn3)O[C@@]3(C(=O)N(Cc4ccc(N5N=C(c6ccccc6)CCC5=O)cc4)c4ccc([N+](=O)[O-])cc43)[C@@H]2C)cc1. The molecule has 1 unspecified atom stereocenters. The number of rotatable bonds is 14. The summed E-state index contributed by atoms with van der Waals surface area (Å²) in [6.07, 6.45) is 2.76. The number of hydrogen-bond acceptors (Lipinski definition) is 10. The zero-order valence-corrected chi connectivity index (χ0v) is 37.8. The standard InChI is InChI=1S/C50H51N7O7Si/c1-33-48(65(3,4)40-22-20-39(63-2)21-23-40)46(27-28-54-31-44(51-53-54)41(32-58)35-11-7-5-8-12-35)64-50(33)42-29-38(57(61)62)19-25-45(42)55(49(50)60)30-34-15-17-37(18-16-34)56-47(59)26-24-43(52-56)36-13-9-6-10-14-36/h5-23,25,29,31,33,41,46,48,58H,24,26-28,30,32H2,1-4H3/t33-,41?,46+,48-,50+/m1/s1. The van der Waals surface area contributed by atoms with Gasteiger partial charge in [0.2, 0.25) is 5.91 Å². The fourth-order valence-electron chi connectivity index (χ4n) is 10.3. The molecule has 3 aliphatic heterocycles.